The van der Waals surface area contributed by atoms with Crippen molar-refractivity contribution < 1.29 is 32.7 Å². The number of nitrogens with one attached hydrogen (secondary N) is 3. The Hall–Kier alpha value is -4.95. The lowest BCUT2D eigenvalue weighted by molar-refractivity contribution is 0.0507. The van der Waals surface area contributed by atoms with Crippen LogP contribution in [-0.2, 0) is 16.0 Å². The summed E-state index contributed by atoms with van der Waals surface area (Å²) >= 11 is 0. The molecule has 4 aromatic rings. The van der Waals surface area contributed by atoms with Gasteiger partial charge in [-0.1, -0.05) is 0 Å². The number of aromatic nitrogens is 4. The summed E-state index contributed by atoms with van der Waals surface area (Å²) < 4.78 is 31.2. The minimum atomic E-state index is -0.762. The van der Waals surface area contributed by atoms with Gasteiger partial charge in [0.05, 0.1) is 35.4 Å². The number of halogens is 1. The average molecular weight is 625 g/mol. The van der Waals surface area contributed by atoms with Crippen molar-refractivity contribution in [3.63, 3.8) is 0 Å². The second-order valence-corrected chi connectivity index (χ2v) is 12.8. The number of amides is 3. The van der Waals surface area contributed by atoms with Gasteiger partial charge in [-0.3, -0.25) is 9.69 Å². The molecule has 3 amide bonds. The van der Waals surface area contributed by atoms with Gasteiger partial charge in [-0.05, 0) is 60.1 Å². The van der Waals surface area contributed by atoms with Gasteiger partial charge >= 0.3 is 12.2 Å². The zero-order chi connectivity index (χ0) is 32.7. The predicted molar refractivity (Wildman–Crippen MR) is 164 cm³/mol. The number of benzene rings is 1. The summed E-state index contributed by atoms with van der Waals surface area (Å²) in [6.07, 6.45) is 1.86. The highest BCUT2D eigenvalue weighted by atomic mass is 19.1. The Morgan fingerprint density at radius 1 is 1.13 bits per heavy atom. The monoisotopic (exact) mass is 624 g/mol. The molecule has 4 heterocycles. The molecule has 0 saturated carbocycles. The maximum Gasteiger partial charge on any atom is 0.414 e. The van der Waals surface area contributed by atoms with Crippen LogP contribution < -0.4 is 20.4 Å². The maximum absolute atomic E-state index is 15.2. The van der Waals surface area contributed by atoms with Gasteiger partial charge in [0.1, 0.15) is 28.5 Å². The molecule has 5 rings (SSSR count). The molecule has 1 aromatic carbocycles. The largest absolute Gasteiger partial charge is 0.444 e. The Balaban J connectivity index is 1.54. The molecule has 3 N–H and O–H groups in total. The fourth-order valence-electron chi connectivity index (χ4n) is 4.99. The van der Waals surface area contributed by atoms with E-state index in [0.29, 0.717) is 47.3 Å². The molecule has 1 unspecified atom stereocenters. The van der Waals surface area contributed by atoms with Crippen LogP contribution in [0.3, 0.4) is 0 Å². The van der Waals surface area contributed by atoms with E-state index < -0.39 is 35.1 Å². The summed E-state index contributed by atoms with van der Waals surface area (Å²) in [6.45, 7) is 11.5. The highest BCUT2D eigenvalue weighted by Crippen LogP contribution is 2.38. The van der Waals surface area contributed by atoms with E-state index in [-0.39, 0.29) is 29.9 Å². The first-order valence-corrected chi connectivity index (χ1v) is 14.5. The number of oxazole rings is 1. The lowest BCUT2D eigenvalue weighted by atomic mass is 10.1. The van der Waals surface area contributed by atoms with Crippen molar-refractivity contribution in [3.8, 4) is 0 Å². The average Bonchev–Trinajstić information content (AvgIpc) is 3.69. The number of anilines is 2. The van der Waals surface area contributed by atoms with Crippen molar-refractivity contribution in [2.75, 3.05) is 29.9 Å². The fraction of sp³-hybridized carbons (Fsp3) is 0.467. The van der Waals surface area contributed by atoms with Crippen LogP contribution in [0.15, 0.2) is 29.1 Å². The van der Waals surface area contributed by atoms with Crippen LogP contribution in [0.1, 0.15) is 64.3 Å². The first-order chi connectivity index (χ1) is 21.1. The summed E-state index contributed by atoms with van der Waals surface area (Å²) in [5.41, 5.74) is -0.353. The van der Waals surface area contributed by atoms with Crippen molar-refractivity contribution >= 4 is 51.5 Å². The number of aromatic amines is 1. The lowest BCUT2D eigenvalue weighted by Gasteiger charge is -2.25. The third-order valence-electron chi connectivity index (χ3n) is 6.83. The number of alkyl carbamates (subject to hydrolysis) is 1. The summed E-state index contributed by atoms with van der Waals surface area (Å²) in [5.74, 6) is -0.305. The minimum Gasteiger partial charge on any atom is -0.444 e. The van der Waals surface area contributed by atoms with E-state index >= 15 is 4.39 Å². The topological polar surface area (TPSA) is 168 Å². The molecule has 0 spiro atoms. The summed E-state index contributed by atoms with van der Waals surface area (Å²) in [5, 5.41) is 6.59. The highest BCUT2D eigenvalue weighted by molar-refractivity contribution is 6.16. The molecule has 3 aromatic heterocycles. The molecule has 1 fully saturated rings. The van der Waals surface area contributed by atoms with E-state index in [0.717, 1.165) is 6.39 Å². The van der Waals surface area contributed by atoms with Crippen LogP contribution in [0.4, 0.5) is 25.5 Å². The van der Waals surface area contributed by atoms with Crippen molar-refractivity contribution in [3.05, 3.63) is 42.1 Å². The van der Waals surface area contributed by atoms with Gasteiger partial charge in [-0.25, -0.2) is 28.9 Å². The number of hydrogen-bond acceptors (Lipinski definition) is 10. The smallest absolute Gasteiger partial charge is 0.414 e. The molecule has 0 aliphatic carbocycles. The van der Waals surface area contributed by atoms with Gasteiger partial charge < -0.3 is 34.4 Å². The first kappa shape index (κ1) is 31.5. The predicted octanol–water partition coefficient (Wildman–Crippen LogP) is 4.64. The highest BCUT2D eigenvalue weighted by Gasteiger charge is 2.31. The molecule has 15 heteroatoms. The number of carbonyl (C=O) groups excluding carboxylic acids is 3. The molecule has 1 saturated heterocycles. The van der Waals surface area contributed by atoms with Crippen LogP contribution >= 0.6 is 0 Å². The first-order valence-electron chi connectivity index (χ1n) is 14.5. The molecule has 0 bridgehead atoms. The molecule has 240 valence electrons. The van der Waals surface area contributed by atoms with Crippen LogP contribution in [0, 0.1) is 5.82 Å². The van der Waals surface area contributed by atoms with Crippen LogP contribution in [0.2, 0.25) is 0 Å². The van der Waals surface area contributed by atoms with Gasteiger partial charge in [-0.15, -0.1) is 0 Å². The zero-order valence-corrected chi connectivity index (χ0v) is 26.3. The Labute approximate surface area is 258 Å². The Morgan fingerprint density at radius 3 is 2.53 bits per heavy atom. The summed E-state index contributed by atoms with van der Waals surface area (Å²) in [6, 6.07) is 2.35. The third-order valence-corrected chi connectivity index (χ3v) is 6.83. The zero-order valence-electron chi connectivity index (χ0n) is 26.3. The lowest BCUT2D eigenvalue weighted by Crippen LogP contribution is -2.40. The van der Waals surface area contributed by atoms with Crippen LogP contribution in [-0.4, -0.2) is 75.4 Å². The van der Waals surface area contributed by atoms with Gasteiger partial charge in [-0.2, -0.15) is 0 Å². The minimum absolute atomic E-state index is 0.0304. The van der Waals surface area contributed by atoms with Crippen molar-refractivity contribution in [2.45, 2.75) is 71.8 Å². The number of fused-ring (bicyclic) bond motifs is 3. The molecule has 1 aliphatic heterocycles. The second-order valence-electron chi connectivity index (χ2n) is 12.8. The Bertz CT molecular complexity index is 1740. The summed E-state index contributed by atoms with van der Waals surface area (Å²) in [4.78, 5) is 57.6. The van der Waals surface area contributed by atoms with Crippen molar-refractivity contribution in [1.29, 1.82) is 0 Å². The number of rotatable bonds is 6. The van der Waals surface area contributed by atoms with Crippen molar-refractivity contribution in [1.82, 2.24) is 30.6 Å². The number of H-pyrrole nitrogens is 1. The SMILES string of the molecule is CN(C(=O)OC(C)(C)C)c1cc(F)cc2c1[nH]c1nc(CNC(=O)c3cnco3)nc(N3CCC(NC(=O)OC(C)(C)C)C3)c12. The van der Waals surface area contributed by atoms with Crippen LogP contribution in [0.25, 0.3) is 21.9 Å². The molecule has 1 atom stereocenters. The molecular formula is C30H37FN8O6. The number of hydrogen-bond donors (Lipinski definition) is 3. The molecule has 14 nitrogen and oxygen atoms in total. The van der Waals surface area contributed by atoms with E-state index in [1.54, 1.807) is 41.5 Å². The Morgan fingerprint density at radius 2 is 1.87 bits per heavy atom. The second kappa shape index (κ2) is 11.9. The van der Waals surface area contributed by atoms with Gasteiger partial charge in [0.15, 0.2) is 12.2 Å². The third kappa shape index (κ3) is 7.24. The quantitative estimate of drug-likeness (QED) is 0.275. The normalized spacial score (nSPS) is 15.4. The molecule has 1 aliphatic rings. The summed E-state index contributed by atoms with van der Waals surface area (Å²) in [7, 11) is 1.50. The Kier molecular flexibility index (Phi) is 8.29. The molecule has 45 heavy (non-hydrogen) atoms. The van der Waals surface area contributed by atoms with Crippen LogP contribution in [0.5, 0.6) is 0 Å². The van der Waals surface area contributed by atoms with E-state index in [1.807, 2.05) is 4.90 Å². The standard InChI is InChI=1S/C30H37FN8O6/c1-29(2,3)44-27(41)34-17-8-9-39(14-17)25-22-18-10-16(31)11-19(38(7)28(42)45-30(4,5)6)23(18)37-24(22)35-21(36-25)13-33-26(40)20-12-32-15-43-20/h10-12,15,17H,8-9,13-14H2,1-7H3,(H,33,40)(H,34,41)(H,35,36,37). The molecule has 0 radical (unpaired) electrons. The van der Waals surface area contributed by atoms with Crippen molar-refractivity contribution in [2.24, 2.45) is 0 Å². The molecular weight excluding hydrogens is 587 g/mol. The van der Waals surface area contributed by atoms with E-state index in [4.69, 9.17) is 18.9 Å². The number of nitrogens with zero attached hydrogens (tertiary/aromatic N) is 5. The number of carbonyl (C=O) groups is 3. The van der Waals surface area contributed by atoms with Gasteiger partial charge in [0.25, 0.3) is 5.91 Å². The van der Waals surface area contributed by atoms with E-state index in [1.165, 1.54) is 30.3 Å². The van der Waals surface area contributed by atoms with Gasteiger partial charge in [0, 0.05) is 25.5 Å². The van der Waals surface area contributed by atoms with E-state index in [9.17, 15) is 14.4 Å². The van der Waals surface area contributed by atoms with E-state index in [2.05, 4.69) is 25.6 Å². The fourth-order valence-corrected chi connectivity index (χ4v) is 4.99. The maximum atomic E-state index is 15.2. The number of ether oxygens (including phenoxy) is 2. The van der Waals surface area contributed by atoms with Gasteiger partial charge in [0.2, 0.25) is 5.76 Å².